The Morgan fingerprint density at radius 2 is 2.00 bits per heavy atom. The molecule has 0 radical (unpaired) electrons. The zero-order chi connectivity index (χ0) is 7.23. The molecule has 0 spiro atoms. The van der Waals surface area contributed by atoms with Gasteiger partial charge in [0.2, 0.25) is 0 Å². The average molecular weight is 132 g/mol. The Bertz CT molecular complexity index is 240. The van der Waals surface area contributed by atoms with Crippen LogP contribution in [-0.2, 0) is 6.54 Å². The van der Waals surface area contributed by atoms with Gasteiger partial charge in [0.05, 0.1) is 6.92 Å². The van der Waals surface area contributed by atoms with Gasteiger partial charge in [-0.3, -0.25) is 0 Å². The van der Waals surface area contributed by atoms with Crippen molar-refractivity contribution in [2.75, 3.05) is 0 Å². The molecule has 0 fully saturated rings. The van der Waals surface area contributed by atoms with Crippen LogP contribution in [-0.4, -0.2) is 0 Å². The van der Waals surface area contributed by atoms with Gasteiger partial charge in [0.15, 0.2) is 0 Å². The van der Waals surface area contributed by atoms with Crippen LogP contribution in [0.1, 0.15) is 12.5 Å². The molecule has 0 saturated heterocycles. The van der Waals surface area contributed by atoms with E-state index in [1.807, 2.05) is 25.1 Å². The van der Waals surface area contributed by atoms with Crippen LogP contribution in [0, 0.1) is 6.07 Å². The van der Waals surface area contributed by atoms with Crippen molar-refractivity contribution in [2.45, 2.75) is 13.5 Å². The van der Waals surface area contributed by atoms with E-state index in [0.717, 1.165) is 6.54 Å². The molecule has 50 valence electrons. The van der Waals surface area contributed by atoms with Gasteiger partial charge in [-0.2, -0.15) is 0 Å². The van der Waals surface area contributed by atoms with Crippen molar-refractivity contribution >= 4 is 0 Å². The molecule has 0 atom stereocenters. The highest BCUT2D eigenvalue weighted by atomic mass is 14.6. The van der Waals surface area contributed by atoms with Crippen molar-refractivity contribution in [1.29, 1.82) is 0 Å². The van der Waals surface area contributed by atoms with Crippen molar-refractivity contribution in [3.8, 4) is 6.07 Å². The predicted octanol–water partition coefficient (Wildman–Crippen LogP) is 2.54. The molecule has 0 N–H and O–H groups in total. The van der Waals surface area contributed by atoms with E-state index in [9.17, 15) is 0 Å². The number of benzene rings is 1. The second-order valence-corrected chi connectivity index (χ2v) is 2.03. The van der Waals surface area contributed by atoms with Gasteiger partial charge in [-0.15, -0.1) is 0 Å². The smallest absolute Gasteiger partial charge is 0.0788 e. The van der Waals surface area contributed by atoms with Gasteiger partial charge in [-0.25, -0.2) is 0 Å². The molecule has 1 aromatic carbocycles. The van der Waals surface area contributed by atoms with Gasteiger partial charge in [0.25, 0.3) is 12.6 Å². The van der Waals surface area contributed by atoms with E-state index in [1.165, 1.54) is 5.56 Å². The summed E-state index contributed by atoms with van der Waals surface area (Å²) < 4.78 is 0. The van der Waals surface area contributed by atoms with Crippen molar-refractivity contribution in [1.82, 2.24) is 0 Å². The lowest BCUT2D eigenvalue weighted by molar-refractivity contribution is 1.26. The van der Waals surface area contributed by atoms with Gasteiger partial charge in [-0.1, -0.05) is 35.2 Å². The summed E-state index contributed by atoms with van der Waals surface area (Å²) in [7, 11) is 0. The van der Waals surface area contributed by atoms with Crippen molar-refractivity contribution in [3.05, 3.63) is 40.7 Å². The maximum atomic E-state index is 3.99. The van der Waals surface area contributed by atoms with Crippen LogP contribution in [0.3, 0.4) is 0 Å². The van der Waals surface area contributed by atoms with Crippen molar-refractivity contribution < 1.29 is 0 Å². The molecule has 0 aliphatic heterocycles. The fourth-order valence-corrected chi connectivity index (χ4v) is 0.754. The standard InChI is InChI=1S/C9H10N/c1-2-10-8-9-6-4-3-5-7-9/h3-7H,8H2,1H3/q+1. The summed E-state index contributed by atoms with van der Waals surface area (Å²) >= 11 is 0. The summed E-state index contributed by atoms with van der Waals surface area (Å²) in [6.45, 7) is 2.56. The second kappa shape index (κ2) is 3.68. The minimum atomic E-state index is 0.747. The maximum Gasteiger partial charge on any atom is 0.288 e. The summed E-state index contributed by atoms with van der Waals surface area (Å²) in [5.74, 6) is 0. The topological polar surface area (TPSA) is 4.36 Å². The molecule has 0 aliphatic rings. The van der Waals surface area contributed by atoms with Gasteiger partial charge >= 0.3 is 0 Å². The van der Waals surface area contributed by atoms with Crippen molar-refractivity contribution in [2.24, 2.45) is 0 Å². The number of rotatable bonds is 1. The largest absolute Gasteiger partial charge is 0.288 e. The molecule has 0 amide bonds. The first-order valence-corrected chi connectivity index (χ1v) is 3.30. The lowest BCUT2D eigenvalue weighted by Gasteiger charge is -1.83. The second-order valence-electron chi connectivity index (χ2n) is 2.03. The number of nitrogens with zero attached hydrogens (tertiary/aromatic N) is 1. The molecule has 1 heteroatoms. The van der Waals surface area contributed by atoms with Gasteiger partial charge in [0, 0.05) is 5.56 Å². The van der Waals surface area contributed by atoms with E-state index in [0.29, 0.717) is 0 Å². The summed E-state index contributed by atoms with van der Waals surface area (Å²) in [5, 5.41) is 0. The quantitative estimate of drug-likeness (QED) is 0.553. The van der Waals surface area contributed by atoms with Crippen LogP contribution in [0.15, 0.2) is 30.3 Å². The SMILES string of the molecule is CC#[N+]Cc1ccccc1. The molecule has 0 saturated carbocycles. The van der Waals surface area contributed by atoms with Crippen LogP contribution in [0.25, 0.3) is 4.85 Å². The normalized spacial score (nSPS) is 8.10. The van der Waals surface area contributed by atoms with Crippen LogP contribution in [0.4, 0.5) is 0 Å². The molecular weight excluding hydrogens is 122 g/mol. The molecule has 0 aromatic heterocycles. The Morgan fingerprint density at radius 1 is 1.30 bits per heavy atom. The third-order valence-corrected chi connectivity index (χ3v) is 1.26. The van der Waals surface area contributed by atoms with Gasteiger partial charge < -0.3 is 0 Å². The van der Waals surface area contributed by atoms with E-state index in [1.54, 1.807) is 0 Å². The van der Waals surface area contributed by atoms with Crippen LogP contribution >= 0.6 is 0 Å². The lowest BCUT2D eigenvalue weighted by Crippen LogP contribution is -1.74. The molecule has 0 bridgehead atoms. The summed E-state index contributed by atoms with van der Waals surface area (Å²) in [6.07, 6.45) is 0. The monoisotopic (exact) mass is 132 g/mol. The van der Waals surface area contributed by atoms with Gasteiger partial charge in [-0.05, 0) is 0 Å². The van der Waals surface area contributed by atoms with E-state index < -0.39 is 0 Å². The first kappa shape index (κ1) is 6.82. The minimum absolute atomic E-state index is 0.747. The van der Waals surface area contributed by atoms with E-state index in [-0.39, 0.29) is 0 Å². The zero-order valence-electron chi connectivity index (χ0n) is 6.04. The van der Waals surface area contributed by atoms with E-state index >= 15 is 0 Å². The third-order valence-electron chi connectivity index (χ3n) is 1.26. The Hall–Kier alpha value is -1.29. The molecule has 1 nitrogen and oxygen atoms in total. The highest BCUT2D eigenvalue weighted by Crippen LogP contribution is 1.99. The highest BCUT2D eigenvalue weighted by molar-refractivity contribution is 5.16. The first-order chi connectivity index (χ1) is 4.93. The zero-order valence-corrected chi connectivity index (χ0v) is 6.04. The van der Waals surface area contributed by atoms with Crippen LogP contribution in [0.2, 0.25) is 0 Å². The Kier molecular flexibility index (Phi) is 2.51. The maximum absolute atomic E-state index is 3.99. The Morgan fingerprint density at radius 3 is 2.60 bits per heavy atom. The summed E-state index contributed by atoms with van der Waals surface area (Å²) in [5.41, 5.74) is 1.23. The summed E-state index contributed by atoms with van der Waals surface area (Å²) in [4.78, 5) is 3.99. The third kappa shape index (κ3) is 1.91. The Labute approximate surface area is 61.1 Å². The fourth-order valence-electron chi connectivity index (χ4n) is 0.754. The first-order valence-electron chi connectivity index (χ1n) is 3.30. The molecule has 1 rings (SSSR count). The highest BCUT2D eigenvalue weighted by Gasteiger charge is 1.92. The summed E-state index contributed by atoms with van der Waals surface area (Å²) in [6, 6.07) is 12.9. The van der Waals surface area contributed by atoms with E-state index in [2.05, 4.69) is 23.0 Å². The lowest BCUT2D eigenvalue weighted by atomic mass is 10.2. The van der Waals surface area contributed by atoms with E-state index in [4.69, 9.17) is 0 Å². The van der Waals surface area contributed by atoms with Crippen molar-refractivity contribution in [3.63, 3.8) is 0 Å². The predicted molar refractivity (Wildman–Crippen MR) is 43.1 cm³/mol. The number of hydrogen-bond donors (Lipinski definition) is 0. The van der Waals surface area contributed by atoms with Gasteiger partial charge in [0.1, 0.15) is 0 Å². The fraction of sp³-hybridized carbons (Fsp3) is 0.222. The Balaban J connectivity index is 2.64. The van der Waals surface area contributed by atoms with Crippen LogP contribution in [0.5, 0.6) is 0 Å². The molecule has 10 heavy (non-hydrogen) atoms. The molecule has 0 unspecified atom stereocenters. The average Bonchev–Trinajstić information content (AvgIpc) is 2.03. The van der Waals surface area contributed by atoms with Crippen LogP contribution < -0.4 is 0 Å². The minimum Gasteiger partial charge on any atom is -0.0788 e. The molecular formula is C9H10N+. The molecule has 1 aromatic rings. The molecule has 0 heterocycles. The number of hydrogen-bond acceptors (Lipinski definition) is 0. The molecule has 0 aliphatic carbocycles.